The maximum Gasteiger partial charge on any atom is 0.320 e. The van der Waals surface area contributed by atoms with E-state index in [2.05, 4.69) is 10.6 Å². The average molecular weight is 222 g/mol. The Morgan fingerprint density at radius 1 is 1.31 bits per heavy atom. The molecule has 0 bridgehead atoms. The molecule has 3 N–H and O–H groups in total. The lowest BCUT2D eigenvalue weighted by molar-refractivity contribution is -0.139. The van der Waals surface area contributed by atoms with Gasteiger partial charge >= 0.3 is 5.97 Å². The van der Waals surface area contributed by atoms with Gasteiger partial charge in [0.2, 0.25) is 0 Å². The Labute approximate surface area is 93.5 Å². The monoisotopic (exact) mass is 222 g/mol. The molecule has 0 saturated heterocycles. The molecule has 5 nitrogen and oxygen atoms in total. The summed E-state index contributed by atoms with van der Waals surface area (Å²) in [7, 11) is 0. The fourth-order valence-corrected chi connectivity index (χ4v) is 1.06. The SMILES string of the molecule is C[C@H](NCNC(=O)c1ccccc1)C(=O)O. The highest BCUT2D eigenvalue weighted by Gasteiger charge is 2.09. The lowest BCUT2D eigenvalue weighted by atomic mass is 10.2. The molecule has 86 valence electrons. The normalized spacial score (nSPS) is 11.8. The van der Waals surface area contributed by atoms with Gasteiger partial charge in [0.05, 0.1) is 6.67 Å². The lowest BCUT2D eigenvalue weighted by Crippen LogP contribution is -2.41. The first kappa shape index (κ1) is 12.2. The molecular formula is C11H14N2O3. The van der Waals surface area contributed by atoms with Gasteiger partial charge in [-0.15, -0.1) is 0 Å². The van der Waals surface area contributed by atoms with Crippen LogP contribution in [0, 0.1) is 0 Å². The highest BCUT2D eigenvalue weighted by atomic mass is 16.4. The average Bonchev–Trinajstić information content (AvgIpc) is 2.29. The zero-order valence-corrected chi connectivity index (χ0v) is 8.93. The Balaban J connectivity index is 2.34. The number of carbonyl (C=O) groups is 2. The number of rotatable bonds is 5. The fourth-order valence-electron chi connectivity index (χ4n) is 1.06. The van der Waals surface area contributed by atoms with Crippen molar-refractivity contribution in [2.75, 3.05) is 6.67 Å². The molecule has 0 saturated carbocycles. The van der Waals surface area contributed by atoms with Crippen molar-refractivity contribution in [2.45, 2.75) is 13.0 Å². The van der Waals surface area contributed by atoms with Crippen LogP contribution < -0.4 is 10.6 Å². The smallest absolute Gasteiger partial charge is 0.320 e. The second kappa shape index (κ2) is 5.87. The zero-order chi connectivity index (χ0) is 12.0. The predicted octanol–water partition coefficient (Wildman–Crippen LogP) is 0.437. The number of carboxylic acids is 1. The number of hydrogen-bond acceptors (Lipinski definition) is 3. The topological polar surface area (TPSA) is 78.4 Å². The molecule has 0 spiro atoms. The number of carbonyl (C=O) groups excluding carboxylic acids is 1. The van der Waals surface area contributed by atoms with E-state index >= 15 is 0 Å². The van der Waals surface area contributed by atoms with Gasteiger partial charge in [0, 0.05) is 5.56 Å². The van der Waals surface area contributed by atoms with Gasteiger partial charge in [0.25, 0.3) is 5.91 Å². The van der Waals surface area contributed by atoms with E-state index in [0.717, 1.165) is 0 Å². The van der Waals surface area contributed by atoms with Crippen LogP contribution in [0.2, 0.25) is 0 Å². The number of carboxylic acid groups (broad SMARTS) is 1. The largest absolute Gasteiger partial charge is 0.480 e. The molecule has 1 rings (SSSR count). The summed E-state index contributed by atoms with van der Waals surface area (Å²) in [6.45, 7) is 1.64. The van der Waals surface area contributed by atoms with Crippen molar-refractivity contribution in [1.82, 2.24) is 10.6 Å². The van der Waals surface area contributed by atoms with Crippen LogP contribution in [0.3, 0.4) is 0 Å². The molecule has 0 unspecified atom stereocenters. The Morgan fingerprint density at radius 2 is 1.94 bits per heavy atom. The summed E-state index contributed by atoms with van der Waals surface area (Å²) in [5.41, 5.74) is 0.548. The molecule has 1 aromatic rings. The van der Waals surface area contributed by atoms with Gasteiger partial charge in [-0.3, -0.25) is 14.9 Å². The molecule has 0 aliphatic heterocycles. The van der Waals surface area contributed by atoms with E-state index in [-0.39, 0.29) is 12.6 Å². The first-order valence-electron chi connectivity index (χ1n) is 4.90. The number of amides is 1. The van der Waals surface area contributed by atoms with Crippen molar-refractivity contribution < 1.29 is 14.7 Å². The van der Waals surface area contributed by atoms with E-state index in [9.17, 15) is 9.59 Å². The third-order valence-corrected chi connectivity index (χ3v) is 2.06. The summed E-state index contributed by atoms with van der Waals surface area (Å²) < 4.78 is 0. The summed E-state index contributed by atoms with van der Waals surface area (Å²) in [5, 5.41) is 13.8. The van der Waals surface area contributed by atoms with E-state index in [1.54, 1.807) is 24.3 Å². The quantitative estimate of drug-likeness (QED) is 0.631. The fraction of sp³-hybridized carbons (Fsp3) is 0.273. The van der Waals surface area contributed by atoms with Gasteiger partial charge in [-0.25, -0.2) is 0 Å². The highest BCUT2D eigenvalue weighted by Crippen LogP contribution is 1.96. The van der Waals surface area contributed by atoms with E-state index in [1.807, 2.05) is 6.07 Å². The first-order chi connectivity index (χ1) is 7.61. The van der Waals surface area contributed by atoms with Crippen LogP contribution in [-0.4, -0.2) is 29.7 Å². The highest BCUT2D eigenvalue weighted by molar-refractivity contribution is 5.94. The first-order valence-corrected chi connectivity index (χ1v) is 4.90. The number of benzene rings is 1. The van der Waals surface area contributed by atoms with Crippen molar-refractivity contribution in [3.8, 4) is 0 Å². The summed E-state index contributed by atoms with van der Waals surface area (Å²) in [6, 6.07) is 8.05. The number of hydrogen-bond donors (Lipinski definition) is 3. The summed E-state index contributed by atoms with van der Waals surface area (Å²) >= 11 is 0. The Hall–Kier alpha value is -1.88. The summed E-state index contributed by atoms with van der Waals surface area (Å²) in [6.07, 6.45) is 0. The van der Waals surface area contributed by atoms with Crippen LogP contribution in [0.1, 0.15) is 17.3 Å². The molecule has 1 atom stereocenters. The van der Waals surface area contributed by atoms with Crippen molar-refractivity contribution in [3.63, 3.8) is 0 Å². The molecule has 0 aliphatic carbocycles. The molecule has 0 aliphatic rings. The van der Waals surface area contributed by atoms with Gasteiger partial charge in [0.1, 0.15) is 6.04 Å². The van der Waals surface area contributed by atoms with Gasteiger partial charge in [-0.05, 0) is 19.1 Å². The lowest BCUT2D eigenvalue weighted by Gasteiger charge is -2.10. The Bertz CT molecular complexity index is 365. The van der Waals surface area contributed by atoms with E-state index < -0.39 is 12.0 Å². The van der Waals surface area contributed by atoms with Gasteiger partial charge in [-0.2, -0.15) is 0 Å². The molecule has 0 radical (unpaired) electrons. The molecule has 16 heavy (non-hydrogen) atoms. The zero-order valence-electron chi connectivity index (χ0n) is 8.93. The van der Waals surface area contributed by atoms with E-state index in [4.69, 9.17) is 5.11 Å². The number of aliphatic carboxylic acids is 1. The molecule has 1 aromatic carbocycles. The van der Waals surface area contributed by atoms with Crippen molar-refractivity contribution in [3.05, 3.63) is 35.9 Å². The van der Waals surface area contributed by atoms with Crippen LogP contribution >= 0.6 is 0 Å². The molecule has 5 heteroatoms. The molecule has 0 aromatic heterocycles. The second-order valence-electron chi connectivity index (χ2n) is 3.31. The Morgan fingerprint density at radius 3 is 2.50 bits per heavy atom. The maximum atomic E-state index is 11.5. The summed E-state index contributed by atoms with van der Waals surface area (Å²) in [5.74, 6) is -1.18. The van der Waals surface area contributed by atoms with Gasteiger partial charge < -0.3 is 10.4 Å². The minimum absolute atomic E-state index is 0.126. The van der Waals surface area contributed by atoms with Gasteiger partial charge in [-0.1, -0.05) is 18.2 Å². The van der Waals surface area contributed by atoms with Crippen LogP contribution in [-0.2, 0) is 4.79 Å². The molecule has 1 amide bonds. The van der Waals surface area contributed by atoms with Crippen LogP contribution in [0.15, 0.2) is 30.3 Å². The van der Waals surface area contributed by atoms with Crippen molar-refractivity contribution in [1.29, 1.82) is 0 Å². The standard InChI is InChI=1S/C11H14N2O3/c1-8(11(15)16)12-7-13-10(14)9-5-3-2-4-6-9/h2-6,8,12H,7H2,1H3,(H,13,14)(H,15,16)/t8-/m0/s1. The van der Waals surface area contributed by atoms with Crippen LogP contribution in [0.4, 0.5) is 0 Å². The third kappa shape index (κ3) is 3.70. The van der Waals surface area contributed by atoms with E-state index in [1.165, 1.54) is 6.92 Å². The maximum absolute atomic E-state index is 11.5. The Kier molecular flexibility index (Phi) is 4.47. The minimum Gasteiger partial charge on any atom is -0.480 e. The second-order valence-corrected chi connectivity index (χ2v) is 3.31. The van der Waals surface area contributed by atoms with Gasteiger partial charge in [0.15, 0.2) is 0 Å². The van der Waals surface area contributed by atoms with E-state index in [0.29, 0.717) is 5.56 Å². The van der Waals surface area contributed by atoms with Crippen LogP contribution in [0.25, 0.3) is 0 Å². The van der Waals surface area contributed by atoms with Crippen molar-refractivity contribution >= 4 is 11.9 Å². The molecule has 0 fully saturated rings. The predicted molar refractivity (Wildman–Crippen MR) is 59.0 cm³/mol. The number of nitrogens with one attached hydrogen (secondary N) is 2. The van der Waals surface area contributed by atoms with Crippen molar-refractivity contribution in [2.24, 2.45) is 0 Å². The molecule has 0 heterocycles. The third-order valence-electron chi connectivity index (χ3n) is 2.06. The van der Waals surface area contributed by atoms with Crippen LogP contribution in [0.5, 0.6) is 0 Å². The minimum atomic E-state index is -0.950. The molecular weight excluding hydrogens is 208 g/mol. The summed E-state index contributed by atoms with van der Waals surface area (Å²) in [4.78, 5) is 22.0.